The number of hydrogen-bond acceptors (Lipinski definition) is 10. The van der Waals surface area contributed by atoms with Crippen molar-refractivity contribution in [2.45, 2.75) is 14.7 Å². The Balaban J connectivity index is 1.37. The summed E-state index contributed by atoms with van der Waals surface area (Å²) < 4.78 is 101. The van der Waals surface area contributed by atoms with Crippen LogP contribution >= 0.6 is 15.9 Å². The van der Waals surface area contributed by atoms with Crippen LogP contribution in [0.4, 0.5) is 5.69 Å². The first-order valence-corrected chi connectivity index (χ1v) is 25.9. The molecule has 7 N–H and O–H groups in total. The van der Waals surface area contributed by atoms with E-state index in [-0.39, 0.29) is 25.9 Å². The number of aromatic nitrogens is 1. The fourth-order valence-corrected chi connectivity index (χ4v) is 9.41. The van der Waals surface area contributed by atoms with E-state index in [2.05, 4.69) is 32.8 Å². The first-order valence-electron chi connectivity index (χ1n) is 19.0. The van der Waals surface area contributed by atoms with Gasteiger partial charge in [-0.3, -0.25) is 9.35 Å². The van der Waals surface area contributed by atoms with Crippen LogP contribution < -0.4 is 11.1 Å². The normalized spacial score (nSPS) is 15.8. The molecule has 15 nitrogen and oxygen atoms in total. The first-order chi connectivity index (χ1) is 30.7. The van der Waals surface area contributed by atoms with Gasteiger partial charge in [-0.1, -0.05) is 34.6 Å². The van der Waals surface area contributed by atoms with Crippen molar-refractivity contribution in [2.75, 3.05) is 10.6 Å². The number of benzene rings is 4. The van der Waals surface area contributed by atoms with Gasteiger partial charge in [0.05, 0.1) is 10.2 Å². The fraction of sp³-hybridized carbons (Fsp3) is 0.0222. The van der Waals surface area contributed by atoms with E-state index < -0.39 is 30.4 Å². The van der Waals surface area contributed by atoms with Crippen molar-refractivity contribution < 1.29 is 61.6 Å². The van der Waals surface area contributed by atoms with Crippen LogP contribution in [0.15, 0.2) is 188 Å². The van der Waals surface area contributed by atoms with Gasteiger partial charge in [0.25, 0.3) is 10.1 Å². The van der Waals surface area contributed by atoms with Gasteiger partial charge in [-0.25, -0.2) is 0 Å². The standard InChI is InChI=1S/C45H34BrN5O10S3.Zn/c1-2-36(47)43(28-5-11-31(12-6-28)49-42(52)26-46)37-21-22-40(50-37)45(30-9-18-35(19-10-30)64(59,60)61)41-24-23-39(51-41)44(29-7-16-34(17-8-29)63(56,57)58)38-20-13-32(48-38)25-27-3-14-33(15-4-27)62(53,54)55;/h2-24,51H,1,26,47H2,(H,49,52)(H,53,54,55)(H,56,57,58)(H,59,60,61);/b43-36-,44-38-,45-40-;. The minimum atomic E-state index is -4.53. The summed E-state index contributed by atoms with van der Waals surface area (Å²) in [4.78, 5) is 24.5. The van der Waals surface area contributed by atoms with E-state index in [9.17, 15) is 43.7 Å². The second-order valence-corrected chi connectivity index (χ2v) is 20.5. The molecule has 0 saturated heterocycles. The van der Waals surface area contributed by atoms with Crippen LogP contribution in [0.3, 0.4) is 0 Å². The van der Waals surface area contributed by atoms with E-state index in [0.29, 0.717) is 102 Å². The molecule has 0 bridgehead atoms. The zero-order valence-corrected chi connectivity index (χ0v) is 40.7. The Morgan fingerprint density at radius 3 is 1.45 bits per heavy atom. The Kier molecular flexibility index (Phi) is 13.6. The topological polar surface area (TPSA) is 259 Å². The number of allylic oxidation sites excluding steroid dienone is 6. The molecule has 1 aromatic heterocycles. The van der Waals surface area contributed by atoms with Crippen LogP contribution in [-0.2, 0) is 53.0 Å². The van der Waals surface area contributed by atoms with Crippen LogP contribution in [0.25, 0.3) is 16.7 Å². The molecular weight excluding hydrogens is 1010 g/mol. The van der Waals surface area contributed by atoms with Crippen LogP contribution in [-0.4, -0.2) is 70.7 Å². The average Bonchev–Trinajstić information content (AvgIpc) is 4.07. The summed E-state index contributed by atoms with van der Waals surface area (Å²) in [7, 11) is -13.5. The average molecular weight is 1050 g/mol. The Hall–Kier alpha value is -6.09. The molecule has 0 spiro atoms. The van der Waals surface area contributed by atoms with Crippen molar-refractivity contribution in [3.05, 3.63) is 197 Å². The zero-order chi connectivity index (χ0) is 46.8. The molecule has 7 rings (SSSR count). The molecule has 2 aliphatic rings. The smallest absolute Gasteiger partial charge is 0.325 e. The van der Waals surface area contributed by atoms with Crippen molar-refractivity contribution in [2.24, 2.45) is 15.7 Å². The molecule has 0 atom stereocenters. The van der Waals surface area contributed by atoms with Gasteiger partial charge in [-0.15, -0.1) is 0 Å². The molecule has 1 amide bonds. The number of nitrogens with one attached hydrogen (secondary N) is 2. The number of rotatable bonds is 14. The molecule has 65 heavy (non-hydrogen) atoms. The Labute approximate surface area is 391 Å². The van der Waals surface area contributed by atoms with E-state index in [1.807, 2.05) is 0 Å². The second kappa shape index (κ2) is 18.8. The van der Waals surface area contributed by atoms with Crippen molar-refractivity contribution in [3.8, 4) is 0 Å². The van der Waals surface area contributed by atoms with E-state index >= 15 is 0 Å². The van der Waals surface area contributed by atoms with Crippen molar-refractivity contribution in [3.63, 3.8) is 0 Å². The van der Waals surface area contributed by atoms with Crippen LogP contribution in [0.1, 0.15) is 33.6 Å². The Morgan fingerprint density at radius 2 is 1.03 bits per heavy atom. The van der Waals surface area contributed by atoms with E-state index in [1.54, 1.807) is 72.8 Å². The van der Waals surface area contributed by atoms with Gasteiger partial charge in [0, 0.05) is 17.0 Å². The van der Waals surface area contributed by atoms with E-state index in [1.165, 1.54) is 66.7 Å². The number of halogens is 1. The van der Waals surface area contributed by atoms with Gasteiger partial charge < -0.3 is 11.1 Å². The number of hydrogen-bond donors (Lipinski definition) is 6. The number of aromatic amines is 1. The summed E-state index contributed by atoms with van der Waals surface area (Å²) in [5.74, 6) is -0.226. The second-order valence-electron chi connectivity index (χ2n) is 14.2. The predicted octanol–water partition coefficient (Wildman–Crippen LogP) is 6.95. The number of amides is 1. The maximum atomic E-state index is 12.0. The quantitative estimate of drug-likeness (QED) is 0.0287. The Morgan fingerprint density at radius 1 is 0.631 bits per heavy atom. The number of carbonyl (C=O) groups is 1. The molecular formula is C45H34BrN5O10S3Zn. The van der Waals surface area contributed by atoms with Gasteiger partial charge in [0.1, 0.15) is 0 Å². The summed E-state index contributed by atoms with van der Waals surface area (Å²) in [6.45, 7) is 3.86. The third-order valence-electron chi connectivity index (χ3n) is 10.1. The number of anilines is 1. The van der Waals surface area contributed by atoms with Crippen molar-refractivity contribution >= 4 is 90.1 Å². The van der Waals surface area contributed by atoms with Crippen LogP contribution in [0.2, 0.25) is 0 Å². The number of nitrogens with zero attached hydrogens (tertiary/aromatic N) is 2. The SMILES string of the molecule is C=C/C(N)=C(C1=N/C(=C(/c2ccc(S(=O)(=O)O)cc2)c2ccc(/C(=C3/C=CC([C](=[Zn])c4ccc(S(=O)(=O)O)cc4)=N3)c3ccc(S(=O)(=O)O)cc3)[nH]2)C=C1)\c1ccc(NC(=O)CBr)cc1. The van der Waals surface area contributed by atoms with Gasteiger partial charge in [0.15, 0.2) is 0 Å². The third kappa shape index (κ3) is 10.6. The molecule has 0 unspecified atom stereocenters. The fourth-order valence-electron chi connectivity index (χ4n) is 6.92. The molecule has 0 saturated carbocycles. The first kappa shape index (κ1) is 46.9. The summed E-state index contributed by atoms with van der Waals surface area (Å²) in [5.41, 5.74) is 14.3. The molecule has 5 aromatic rings. The number of nitrogens with two attached hydrogens (primary N) is 1. The van der Waals surface area contributed by atoms with Crippen LogP contribution in [0, 0.1) is 0 Å². The molecule has 20 heteroatoms. The molecule has 326 valence electrons. The van der Waals surface area contributed by atoms with Crippen molar-refractivity contribution in [1.82, 2.24) is 4.98 Å². The minimum Gasteiger partial charge on any atom is -0.325 e. The number of carbonyl (C=O) groups excluding carboxylic acids is 1. The summed E-state index contributed by atoms with van der Waals surface area (Å²) in [5, 5.41) is 2.90. The third-order valence-corrected chi connectivity index (χ3v) is 14.8. The van der Waals surface area contributed by atoms with Gasteiger partial charge >= 0.3 is 264 Å². The molecule has 0 aliphatic carbocycles. The minimum absolute atomic E-state index is 0.124. The van der Waals surface area contributed by atoms with E-state index in [4.69, 9.17) is 15.7 Å². The van der Waals surface area contributed by atoms with Gasteiger partial charge in [-0.05, 0) is 23.8 Å². The molecule has 2 aliphatic heterocycles. The number of H-pyrrole nitrogens is 1. The molecule has 3 heterocycles. The maximum absolute atomic E-state index is 12.0. The molecule has 0 radical (unpaired) electrons. The summed E-state index contributed by atoms with van der Waals surface area (Å²) in [6.07, 6.45) is 8.58. The zero-order valence-electron chi connectivity index (χ0n) is 33.7. The number of aliphatic imine (C=N–C) groups is 2. The van der Waals surface area contributed by atoms with E-state index in [0.717, 1.165) is 4.11 Å². The predicted molar refractivity (Wildman–Crippen MR) is 249 cm³/mol. The van der Waals surface area contributed by atoms with Crippen LogP contribution in [0.5, 0.6) is 0 Å². The summed E-state index contributed by atoms with van der Waals surface area (Å²) >= 11 is 3.76. The Bertz CT molecular complexity index is 3370. The monoisotopic (exact) mass is 1040 g/mol. The van der Waals surface area contributed by atoms with Crippen molar-refractivity contribution in [1.29, 1.82) is 0 Å². The molecule has 4 aromatic carbocycles. The van der Waals surface area contributed by atoms with Gasteiger partial charge in [-0.2, -0.15) is 8.42 Å². The number of alkyl halides is 1. The summed E-state index contributed by atoms with van der Waals surface area (Å²) in [6, 6.07) is 27.4. The van der Waals surface area contributed by atoms with Gasteiger partial charge in [0.2, 0.25) is 5.91 Å². The molecule has 0 fully saturated rings.